The van der Waals surface area contributed by atoms with Crippen molar-refractivity contribution in [1.82, 2.24) is 29.5 Å². The lowest BCUT2D eigenvalue weighted by Crippen LogP contribution is -2.29. The van der Waals surface area contributed by atoms with E-state index in [1.165, 1.54) is 22.9 Å². The van der Waals surface area contributed by atoms with Gasteiger partial charge in [0, 0.05) is 18.4 Å². The summed E-state index contributed by atoms with van der Waals surface area (Å²) < 4.78 is 1.81. The van der Waals surface area contributed by atoms with Gasteiger partial charge in [0.2, 0.25) is 0 Å². The molecule has 5 aromatic rings. The van der Waals surface area contributed by atoms with Gasteiger partial charge in [-0.2, -0.15) is 0 Å². The monoisotopic (exact) mass is 426 g/mol. The lowest BCUT2D eigenvalue weighted by Gasteiger charge is -2.18. The Kier molecular flexibility index (Phi) is 4.31. The first-order valence-electron chi connectivity index (χ1n) is 10.1. The minimum Gasteiger partial charge on any atom is -0.341 e. The van der Waals surface area contributed by atoms with Crippen LogP contribution in [0.1, 0.15) is 23.0 Å². The number of nitrogens with zero attached hydrogens (tertiary/aromatic N) is 5. The summed E-state index contributed by atoms with van der Waals surface area (Å²) in [5.41, 5.74) is 5.05. The zero-order chi connectivity index (χ0) is 20.8. The van der Waals surface area contributed by atoms with E-state index in [2.05, 4.69) is 32.1 Å². The molecule has 7 nitrogen and oxygen atoms in total. The molecule has 6 rings (SSSR count). The van der Waals surface area contributed by atoms with Crippen LogP contribution < -0.4 is 5.56 Å². The molecule has 8 heteroatoms. The highest BCUT2D eigenvalue weighted by Gasteiger charge is 2.27. The molecule has 2 aromatic carbocycles. The van der Waals surface area contributed by atoms with Gasteiger partial charge in [-0.1, -0.05) is 48.2 Å². The predicted molar refractivity (Wildman–Crippen MR) is 120 cm³/mol. The molecule has 0 bridgehead atoms. The largest absolute Gasteiger partial charge is 0.341 e. The second-order valence-corrected chi connectivity index (χ2v) is 8.56. The molecule has 0 saturated heterocycles. The summed E-state index contributed by atoms with van der Waals surface area (Å²) in [6, 6.07) is 16.3. The molecule has 3 heterocycles. The second-order valence-electron chi connectivity index (χ2n) is 7.62. The molecule has 3 aromatic heterocycles. The van der Waals surface area contributed by atoms with Crippen LogP contribution in [-0.4, -0.2) is 29.5 Å². The molecule has 152 valence electrons. The summed E-state index contributed by atoms with van der Waals surface area (Å²) in [4.78, 5) is 34.7. The normalized spacial score (nSPS) is 13.8. The number of nitrogens with one attached hydrogen (secondary N) is 1. The van der Waals surface area contributed by atoms with Crippen LogP contribution in [0.15, 0.2) is 70.9 Å². The van der Waals surface area contributed by atoms with Gasteiger partial charge in [-0.25, -0.2) is 19.9 Å². The number of H-pyrrole nitrogens is 1. The van der Waals surface area contributed by atoms with E-state index >= 15 is 0 Å². The number of aromatic nitrogens is 6. The van der Waals surface area contributed by atoms with Crippen molar-refractivity contribution in [2.45, 2.75) is 29.8 Å². The maximum absolute atomic E-state index is 13.4. The van der Waals surface area contributed by atoms with Crippen LogP contribution in [-0.2, 0) is 18.6 Å². The highest BCUT2D eigenvalue weighted by molar-refractivity contribution is 7.98. The second kappa shape index (κ2) is 7.31. The summed E-state index contributed by atoms with van der Waals surface area (Å²) in [6.45, 7) is 0. The van der Waals surface area contributed by atoms with E-state index in [0.29, 0.717) is 22.1 Å². The third kappa shape index (κ3) is 3.19. The van der Waals surface area contributed by atoms with Crippen molar-refractivity contribution in [3.05, 3.63) is 88.2 Å². The van der Waals surface area contributed by atoms with Crippen LogP contribution in [0.5, 0.6) is 0 Å². The summed E-state index contributed by atoms with van der Waals surface area (Å²) in [5, 5.41) is 0.649. The summed E-state index contributed by atoms with van der Waals surface area (Å²) in [5.74, 6) is 1.42. The van der Waals surface area contributed by atoms with Crippen molar-refractivity contribution in [2.24, 2.45) is 0 Å². The van der Waals surface area contributed by atoms with Gasteiger partial charge in [-0.05, 0) is 36.1 Å². The van der Waals surface area contributed by atoms with Gasteiger partial charge in [0.1, 0.15) is 5.82 Å². The summed E-state index contributed by atoms with van der Waals surface area (Å²) >= 11 is 1.50. The highest BCUT2D eigenvalue weighted by Crippen LogP contribution is 2.32. The molecule has 0 spiro atoms. The number of hydrogen-bond acceptors (Lipinski definition) is 6. The van der Waals surface area contributed by atoms with Crippen molar-refractivity contribution < 1.29 is 0 Å². The molecule has 0 amide bonds. The molecule has 1 aliphatic rings. The number of benzene rings is 2. The number of thioether (sulfide) groups is 1. The van der Waals surface area contributed by atoms with E-state index in [1.54, 1.807) is 12.4 Å². The fraction of sp³-hybridized carbons (Fsp3) is 0.174. The van der Waals surface area contributed by atoms with Crippen molar-refractivity contribution in [1.29, 1.82) is 0 Å². The van der Waals surface area contributed by atoms with E-state index in [-0.39, 0.29) is 11.6 Å². The quantitative estimate of drug-likeness (QED) is 0.348. The van der Waals surface area contributed by atoms with Gasteiger partial charge in [-0.15, -0.1) is 0 Å². The topological polar surface area (TPSA) is 89.3 Å². The van der Waals surface area contributed by atoms with E-state index in [1.807, 2.05) is 41.0 Å². The summed E-state index contributed by atoms with van der Waals surface area (Å²) in [6.07, 6.45) is 4.72. The Labute approximate surface area is 181 Å². The van der Waals surface area contributed by atoms with Crippen molar-refractivity contribution in [2.75, 3.05) is 0 Å². The smallest absolute Gasteiger partial charge is 0.282 e. The number of hydrogen-bond donors (Lipinski definition) is 1. The Morgan fingerprint density at radius 2 is 1.71 bits per heavy atom. The minimum atomic E-state index is -0.136. The first-order valence-corrected chi connectivity index (χ1v) is 11.1. The van der Waals surface area contributed by atoms with E-state index in [0.717, 1.165) is 29.7 Å². The predicted octanol–water partition coefficient (Wildman–Crippen LogP) is 3.70. The van der Waals surface area contributed by atoms with E-state index in [4.69, 9.17) is 4.98 Å². The number of fused-ring (bicyclic) bond motifs is 3. The molecular weight excluding hydrogens is 408 g/mol. The van der Waals surface area contributed by atoms with Crippen LogP contribution in [0, 0.1) is 0 Å². The van der Waals surface area contributed by atoms with Crippen LogP contribution in [0.4, 0.5) is 0 Å². The SMILES string of the molecule is O=c1c2nccnc2nc(SCc2nc3ccccc3[nH]2)n1C1Cc2ccccc2C1. The molecule has 1 aliphatic carbocycles. The Morgan fingerprint density at radius 1 is 0.968 bits per heavy atom. The van der Waals surface area contributed by atoms with Crippen LogP contribution in [0.3, 0.4) is 0 Å². The third-order valence-electron chi connectivity index (χ3n) is 5.68. The van der Waals surface area contributed by atoms with Crippen molar-refractivity contribution in [3.8, 4) is 0 Å². The molecule has 0 aliphatic heterocycles. The lowest BCUT2D eigenvalue weighted by molar-refractivity contribution is 0.464. The third-order valence-corrected chi connectivity index (χ3v) is 6.64. The lowest BCUT2D eigenvalue weighted by atomic mass is 10.1. The molecule has 0 unspecified atom stereocenters. The Balaban J connectivity index is 1.40. The van der Waals surface area contributed by atoms with Gasteiger partial charge >= 0.3 is 0 Å². The van der Waals surface area contributed by atoms with Crippen LogP contribution >= 0.6 is 11.8 Å². The molecule has 31 heavy (non-hydrogen) atoms. The zero-order valence-corrected chi connectivity index (χ0v) is 17.3. The Hall–Kier alpha value is -3.52. The fourth-order valence-corrected chi connectivity index (χ4v) is 5.18. The van der Waals surface area contributed by atoms with Gasteiger partial charge < -0.3 is 4.98 Å². The van der Waals surface area contributed by atoms with Gasteiger partial charge in [0.25, 0.3) is 5.56 Å². The first-order chi connectivity index (χ1) is 15.3. The average molecular weight is 427 g/mol. The maximum atomic E-state index is 13.4. The van der Waals surface area contributed by atoms with Crippen molar-refractivity contribution in [3.63, 3.8) is 0 Å². The molecule has 0 radical (unpaired) electrons. The highest BCUT2D eigenvalue weighted by atomic mass is 32.2. The molecular formula is C23H18N6OS. The Bertz CT molecular complexity index is 1430. The van der Waals surface area contributed by atoms with Crippen LogP contribution in [0.2, 0.25) is 0 Å². The summed E-state index contributed by atoms with van der Waals surface area (Å²) in [7, 11) is 0. The van der Waals surface area contributed by atoms with Gasteiger partial charge in [0.15, 0.2) is 16.3 Å². The first kappa shape index (κ1) is 18.3. The van der Waals surface area contributed by atoms with Crippen LogP contribution in [0.25, 0.3) is 22.2 Å². The van der Waals surface area contributed by atoms with E-state index < -0.39 is 0 Å². The molecule has 0 fully saturated rings. The molecule has 0 saturated carbocycles. The van der Waals surface area contributed by atoms with Gasteiger partial charge in [0.05, 0.1) is 16.8 Å². The zero-order valence-electron chi connectivity index (χ0n) is 16.5. The minimum absolute atomic E-state index is 0.0157. The maximum Gasteiger partial charge on any atom is 0.282 e. The molecule has 1 N–H and O–H groups in total. The number of rotatable bonds is 4. The Morgan fingerprint density at radius 3 is 2.52 bits per heavy atom. The average Bonchev–Trinajstić information content (AvgIpc) is 3.41. The standard InChI is InChI=1S/C23H18N6OS/c30-22-20-21(25-10-9-24-20)28-23(29(22)16-11-14-5-1-2-6-15(14)12-16)31-13-19-26-17-7-3-4-8-18(17)27-19/h1-10,16H,11-13H2,(H,26,27). The number of imidazole rings is 1. The van der Waals surface area contributed by atoms with E-state index in [9.17, 15) is 4.79 Å². The van der Waals surface area contributed by atoms with Crippen molar-refractivity contribution >= 4 is 34.0 Å². The number of aromatic amines is 1. The number of para-hydroxylation sites is 2. The molecule has 0 atom stereocenters. The van der Waals surface area contributed by atoms with Gasteiger partial charge in [-0.3, -0.25) is 9.36 Å². The fourth-order valence-electron chi connectivity index (χ4n) is 4.26.